The minimum Gasteiger partial charge on any atom is -0.366 e. The van der Waals surface area contributed by atoms with Crippen LogP contribution in [0.5, 0.6) is 0 Å². The van der Waals surface area contributed by atoms with Gasteiger partial charge in [-0.15, -0.1) is 0 Å². The minimum atomic E-state index is -1.30. The normalized spacial score (nSPS) is 11.6. The topological polar surface area (TPSA) is 24.9 Å². The zero-order chi connectivity index (χ0) is 12.3. The molecular weight excluding hydrogens is 237 g/mol. The van der Waals surface area contributed by atoms with Crippen LogP contribution >= 0.6 is 11.8 Å². The van der Waals surface area contributed by atoms with E-state index in [9.17, 15) is 13.2 Å². The minimum absolute atomic E-state index is 0.140. The monoisotopic (exact) mass is 250 g/mol. The third-order valence-corrected chi connectivity index (χ3v) is 3.37. The molecule has 0 radical (unpaired) electrons. The van der Waals surface area contributed by atoms with Crippen molar-refractivity contribution in [3.63, 3.8) is 0 Å². The Morgan fingerprint density at radius 2 is 1.94 bits per heavy atom. The van der Waals surface area contributed by atoms with Gasteiger partial charge in [-0.2, -0.15) is 21.1 Å². The first kappa shape index (κ1) is 13.2. The fraction of sp³-hybridized carbons (Fsp3) is 0.500. The Morgan fingerprint density at radius 1 is 1.31 bits per heavy atom. The zero-order valence-corrected chi connectivity index (χ0v) is 10.1. The van der Waals surface area contributed by atoms with Crippen LogP contribution in [0.15, 0.2) is 6.07 Å². The molecule has 0 saturated carbocycles. The summed E-state index contributed by atoms with van der Waals surface area (Å²) in [5, 5.41) is 2.66. The molecule has 90 valence electrons. The van der Waals surface area contributed by atoms with Gasteiger partial charge in [0.1, 0.15) is 0 Å². The number of hydrogen-bond acceptors (Lipinski definition) is 3. The van der Waals surface area contributed by atoms with Crippen molar-refractivity contribution in [2.45, 2.75) is 18.6 Å². The summed E-state index contributed by atoms with van der Waals surface area (Å²) in [7, 11) is 0. The average Bonchev–Trinajstić information content (AvgIpc) is 2.22. The molecule has 0 aliphatic carbocycles. The van der Waals surface area contributed by atoms with Crippen LogP contribution in [0.2, 0.25) is 0 Å². The number of nitrogens with zero attached hydrogens (tertiary/aromatic N) is 1. The molecule has 1 aromatic rings. The molecule has 1 rings (SSSR count). The lowest BCUT2D eigenvalue weighted by Crippen LogP contribution is -2.26. The molecule has 6 heteroatoms. The number of rotatable bonds is 4. The molecule has 0 aromatic carbocycles. The SMILES string of the molecule is CSC(C)(C)CNc1nc(F)c(F)cc1F. The summed E-state index contributed by atoms with van der Waals surface area (Å²) in [5.74, 6) is -3.74. The van der Waals surface area contributed by atoms with Crippen LogP contribution in [-0.2, 0) is 0 Å². The molecule has 0 aliphatic rings. The molecule has 0 atom stereocenters. The summed E-state index contributed by atoms with van der Waals surface area (Å²) in [6, 6.07) is 0.483. The molecule has 0 spiro atoms. The van der Waals surface area contributed by atoms with Crippen LogP contribution in [0.3, 0.4) is 0 Å². The summed E-state index contributed by atoms with van der Waals surface area (Å²) in [6.45, 7) is 4.30. The van der Waals surface area contributed by atoms with Crippen molar-refractivity contribution in [3.05, 3.63) is 23.6 Å². The van der Waals surface area contributed by atoms with Gasteiger partial charge in [-0.1, -0.05) is 0 Å². The van der Waals surface area contributed by atoms with E-state index in [1.807, 2.05) is 20.1 Å². The highest BCUT2D eigenvalue weighted by molar-refractivity contribution is 7.99. The van der Waals surface area contributed by atoms with E-state index in [0.717, 1.165) is 0 Å². The molecule has 0 unspecified atom stereocenters. The lowest BCUT2D eigenvalue weighted by atomic mass is 10.2. The highest BCUT2D eigenvalue weighted by atomic mass is 32.2. The van der Waals surface area contributed by atoms with Crippen molar-refractivity contribution in [2.75, 3.05) is 18.1 Å². The van der Waals surface area contributed by atoms with Gasteiger partial charge in [0, 0.05) is 17.4 Å². The molecule has 0 amide bonds. The average molecular weight is 250 g/mol. The molecule has 0 bridgehead atoms. The van der Waals surface area contributed by atoms with Gasteiger partial charge in [0.25, 0.3) is 5.95 Å². The number of pyridine rings is 1. The Bertz CT molecular complexity index is 383. The van der Waals surface area contributed by atoms with Gasteiger partial charge in [0.2, 0.25) is 0 Å². The zero-order valence-electron chi connectivity index (χ0n) is 9.27. The number of nitrogens with one attached hydrogen (secondary N) is 1. The van der Waals surface area contributed by atoms with E-state index in [4.69, 9.17) is 0 Å². The van der Waals surface area contributed by atoms with E-state index in [1.165, 1.54) is 0 Å². The Morgan fingerprint density at radius 3 is 2.50 bits per heavy atom. The van der Waals surface area contributed by atoms with E-state index in [2.05, 4.69) is 10.3 Å². The number of anilines is 1. The Hall–Kier alpha value is -0.910. The van der Waals surface area contributed by atoms with Crippen LogP contribution in [0.1, 0.15) is 13.8 Å². The third-order valence-electron chi connectivity index (χ3n) is 2.12. The smallest absolute Gasteiger partial charge is 0.251 e. The molecule has 0 aliphatic heterocycles. The highest BCUT2D eigenvalue weighted by Gasteiger charge is 2.18. The van der Waals surface area contributed by atoms with Crippen molar-refractivity contribution in [2.24, 2.45) is 0 Å². The second-order valence-corrected chi connectivity index (χ2v) is 5.42. The van der Waals surface area contributed by atoms with Gasteiger partial charge in [-0.25, -0.2) is 8.78 Å². The van der Waals surface area contributed by atoms with Crippen LogP contribution in [0.4, 0.5) is 19.0 Å². The van der Waals surface area contributed by atoms with Crippen molar-refractivity contribution in [1.29, 1.82) is 0 Å². The fourth-order valence-corrected chi connectivity index (χ4v) is 1.15. The lowest BCUT2D eigenvalue weighted by Gasteiger charge is -2.22. The van der Waals surface area contributed by atoms with Crippen molar-refractivity contribution in [1.82, 2.24) is 4.98 Å². The molecule has 16 heavy (non-hydrogen) atoms. The molecular formula is C10H13F3N2S. The molecule has 1 N–H and O–H groups in total. The van der Waals surface area contributed by atoms with Crippen LogP contribution in [0.25, 0.3) is 0 Å². The van der Waals surface area contributed by atoms with E-state index >= 15 is 0 Å². The van der Waals surface area contributed by atoms with Gasteiger partial charge in [0.15, 0.2) is 17.5 Å². The van der Waals surface area contributed by atoms with Gasteiger partial charge in [-0.05, 0) is 20.1 Å². The van der Waals surface area contributed by atoms with E-state index in [1.54, 1.807) is 11.8 Å². The summed E-state index contributed by atoms with van der Waals surface area (Å²) in [4.78, 5) is 3.17. The predicted molar refractivity (Wildman–Crippen MR) is 60.2 cm³/mol. The summed E-state index contributed by atoms with van der Waals surface area (Å²) in [6.07, 6.45) is 1.91. The standard InChI is InChI=1S/C10H13F3N2S/c1-10(2,16-3)5-14-9-7(12)4-6(11)8(13)15-9/h4H,5H2,1-3H3,(H,14,15). The van der Waals surface area contributed by atoms with E-state index < -0.39 is 17.6 Å². The molecule has 2 nitrogen and oxygen atoms in total. The van der Waals surface area contributed by atoms with Gasteiger partial charge in [0.05, 0.1) is 0 Å². The molecule has 0 saturated heterocycles. The lowest BCUT2D eigenvalue weighted by molar-refractivity contribution is 0.466. The maximum absolute atomic E-state index is 13.2. The third kappa shape index (κ3) is 3.30. The Balaban J connectivity index is 2.79. The molecule has 1 aromatic heterocycles. The quantitative estimate of drug-likeness (QED) is 0.831. The highest BCUT2D eigenvalue weighted by Crippen LogP contribution is 2.22. The van der Waals surface area contributed by atoms with Crippen molar-refractivity contribution in [3.8, 4) is 0 Å². The van der Waals surface area contributed by atoms with Gasteiger partial charge in [-0.3, -0.25) is 0 Å². The van der Waals surface area contributed by atoms with Crippen LogP contribution < -0.4 is 5.32 Å². The maximum Gasteiger partial charge on any atom is 0.251 e. The largest absolute Gasteiger partial charge is 0.366 e. The van der Waals surface area contributed by atoms with Crippen LogP contribution in [-0.4, -0.2) is 22.5 Å². The second-order valence-electron chi connectivity index (χ2n) is 3.91. The summed E-state index contributed by atoms with van der Waals surface area (Å²) < 4.78 is 38.4. The van der Waals surface area contributed by atoms with Gasteiger partial charge >= 0.3 is 0 Å². The number of hydrogen-bond donors (Lipinski definition) is 1. The first-order chi connectivity index (χ1) is 7.35. The van der Waals surface area contributed by atoms with Crippen molar-refractivity contribution >= 4 is 17.6 Å². The second kappa shape index (κ2) is 4.95. The van der Waals surface area contributed by atoms with E-state index in [0.29, 0.717) is 12.6 Å². The van der Waals surface area contributed by atoms with E-state index in [-0.39, 0.29) is 10.6 Å². The summed E-state index contributed by atoms with van der Waals surface area (Å²) >= 11 is 1.58. The Labute approximate surface area is 96.6 Å². The molecule has 1 heterocycles. The van der Waals surface area contributed by atoms with Gasteiger partial charge < -0.3 is 5.32 Å². The predicted octanol–water partition coefficient (Wildman–Crippen LogP) is 3.05. The maximum atomic E-state index is 13.2. The number of halogens is 3. The first-order valence-electron chi connectivity index (χ1n) is 4.66. The summed E-state index contributed by atoms with van der Waals surface area (Å²) in [5.41, 5.74) is 0. The molecule has 0 fully saturated rings. The van der Waals surface area contributed by atoms with Crippen LogP contribution in [0, 0.1) is 17.6 Å². The Kier molecular flexibility index (Phi) is 4.07. The first-order valence-corrected chi connectivity index (χ1v) is 5.89. The number of aromatic nitrogens is 1. The number of thioether (sulfide) groups is 1. The fourth-order valence-electron chi connectivity index (χ4n) is 0.937. The van der Waals surface area contributed by atoms with Crippen molar-refractivity contribution < 1.29 is 13.2 Å².